The molecule has 2 aromatic heterocycles. The van der Waals surface area contributed by atoms with Crippen LogP contribution in [0.5, 0.6) is 0 Å². The topological polar surface area (TPSA) is 76.0 Å². The number of nitrogens with one attached hydrogen (secondary N) is 2. The van der Waals surface area contributed by atoms with Crippen LogP contribution in [0.2, 0.25) is 0 Å². The van der Waals surface area contributed by atoms with Gasteiger partial charge in [-0.2, -0.15) is 0 Å². The Morgan fingerprint density at radius 2 is 2.08 bits per heavy atom. The largest absolute Gasteiger partial charge is 0.353 e. The molecule has 2 aromatic rings. The van der Waals surface area contributed by atoms with Crippen LogP contribution in [0.15, 0.2) is 11.1 Å². The van der Waals surface area contributed by atoms with Crippen molar-refractivity contribution in [1.82, 2.24) is 20.2 Å². The van der Waals surface area contributed by atoms with Crippen molar-refractivity contribution < 1.29 is 4.79 Å². The third kappa shape index (κ3) is 3.94. The fourth-order valence-electron chi connectivity index (χ4n) is 3.83. The summed E-state index contributed by atoms with van der Waals surface area (Å²) in [6.45, 7) is 2.30. The molecule has 0 unspecified atom stereocenters. The summed E-state index contributed by atoms with van der Waals surface area (Å²) in [5, 5.41) is 7.16. The molecule has 1 aliphatic carbocycles. The lowest BCUT2D eigenvalue weighted by Crippen LogP contribution is -2.43. The molecule has 0 saturated carbocycles. The number of piperidine rings is 1. The molecule has 26 heavy (non-hydrogen) atoms. The molecule has 0 aromatic carbocycles. The van der Waals surface area contributed by atoms with Crippen LogP contribution in [0.25, 0.3) is 10.2 Å². The molecule has 1 aliphatic heterocycles. The van der Waals surface area contributed by atoms with Gasteiger partial charge in [0.15, 0.2) is 0 Å². The summed E-state index contributed by atoms with van der Waals surface area (Å²) < 4.78 is 1.60. The maximum Gasteiger partial charge on any atom is 0.262 e. The molecule has 142 valence electrons. The second kappa shape index (κ2) is 8.50. The predicted octanol–water partition coefficient (Wildman–Crippen LogP) is 2.02. The van der Waals surface area contributed by atoms with Gasteiger partial charge < -0.3 is 10.6 Å². The van der Waals surface area contributed by atoms with Gasteiger partial charge in [-0.15, -0.1) is 23.7 Å². The van der Waals surface area contributed by atoms with E-state index in [4.69, 9.17) is 0 Å². The van der Waals surface area contributed by atoms with Crippen molar-refractivity contribution in [3.05, 3.63) is 27.1 Å². The first kappa shape index (κ1) is 19.3. The second-order valence-electron chi connectivity index (χ2n) is 6.98. The van der Waals surface area contributed by atoms with Gasteiger partial charge >= 0.3 is 0 Å². The number of amides is 1. The summed E-state index contributed by atoms with van der Waals surface area (Å²) >= 11 is 1.66. The van der Waals surface area contributed by atoms with Crippen LogP contribution >= 0.6 is 23.7 Å². The quantitative estimate of drug-likeness (QED) is 0.828. The summed E-state index contributed by atoms with van der Waals surface area (Å²) in [6, 6.07) is 0.259. The molecule has 0 spiro atoms. The monoisotopic (exact) mass is 396 g/mol. The molecule has 1 saturated heterocycles. The number of fused-ring (bicyclic) bond motifs is 3. The zero-order valence-corrected chi connectivity index (χ0v) is 16.4. The Hall–Kier alpha value is -1.44. The lowest BCUT2D eigenvalue weighted by atomic mass is 9.97. The van der Waals surface area contributed by atoms with Gasteiger partial charge in [0.05, 0.1) is 11.7 Å². The first-order chi connectivity index (χ1) is 12.2. The number of hydrogen-bond donors (Lipinski definition) is 2. The van der Waals surface area contributed by atoms with E-state index < -0.39 is 0 Å². The minimum absolute atomic E-state index is 0. The fraction of sp³-hybridized carbons (Fsp3) is 0.611. The molecule has 2 N–H and O–H groups in total. The van der Waals surface area contributed by atoms with Gasteiger partial charge in [0.1, 0.15) is 4.83 Å². The molecular formula is C18H25ClN4O2S. The number of thiophene rings is 1. The predicted molar refractivity (Wildman–Crippen MR) is 106 cm³/mol. The Morgan fingerprint density at radius 1 is 1.31 bits per heavy atom. The number of aromatic nitrogens is 2. The SMILES string of the molecule is Cl.O=C(CCn1cnc2sc3c(c2c1=O)CCCC3)NC1CCNCC1. The van der Waals surface area contributed by atoms with Crippen LogP contribution in [-0.4, -0.2) is 34.6 Å². The number of hydrogen-bond acceptors (Lipinski definition) is 5. The molecule has 6 nitrogen and oxygen atoms in total. The molecular weight excluding hydrogens is 372 g/mol. The zero-order chi connectivity index (χ0) is 17.2. The number of rotatable bonds is 4. The highest BCUT2D eigenvalue weighted by Crippen LogP contribution is 2.33. The number of carbonyl (C=O) groups is 1. The van der Waals surface area contributed by atoms with Crippen LogP contribution in [-0.2, 0) is 24.2 Å². The lowest BCUT2D eigenvalue weighted by Gasteiger charge is -2.23. The highest BCUT2D eigenvalue weighted by molar-refractivity contribution is 7.18. The summed E-state index contributed by atoms with van der Waals surface area (Å²) in [5.74, 6) is 0.0197. The summed E-state index contributed by atoms with van der Waals surface area (Å²) in [7, 11) is 0. The van der Waals surface area contributed by atoms with Gasteiger partial charge in [-0.3, -0.25) is 14.2 Å². The molecule has 3 heterocycles. The van der Waals surface area contributed by atoms with E-state index in [0.29, 0.717) is 13.0 Å². The van der Waals surface area contributed by atoms with E-state index >= 15 is 0 Å². The van der Waals surface area contributed by atoms with E-state index in [9.17, 15) is 9.59 Å². The van der Waals surface area contributed by atoms with E-state index in [1.165, 1.54) is 16.9 Å². The molecule has 4 rings (SSSR count). The third-order valence-corrected chi connectivity index (χ3v) is 6.43. The highest BCUT2D eigenvalue weighted by atomic mass is 35.5. The van der Waals surface area contributed by atoms with E-state index in [-0.39, 0.29) is 29.9 Å². The van der Waals surface area contributed by atoms with Gasteiger partial charge in [-0.1, -0.05) is 0 Å². The Balaban J connectivity index is 0.00000196. The second-order valence-corrected chi connectivity index (χ2v) is 8.06. The third-order valence-electron chi connectivity index (χ3n) is 5.23. The fourth-order valence-corrected chi connectivity index (χ4v) is 5.05. The standard InChI is InChI=1S/C18H24N4O2S.ClH/c23-15(21-12-5-8-19-9-6-12)7-10-22-11-20-17-16(18(22)24)13-3-1-2-4-14(13)25-17;/h11-12,19H,1-10H2,(H,21,23);1H. The zero-order valence-electron chi connectivity index (χ0n) is 14.8. The Bertz CT molecular complexity index is 842. The maximum atomic E-state index is 12.9. The molecule has 1 fully saturated rings. The van der Waals surface area contributed by atoms with Crippen LogP contribution in [0.3, 0.4) is 0 Å². The number of aryl methyl sites for hydroxylation is 3. The first-order valence-corrected chi connectivity index (χ1v) is 10.0. The van der Waals surface area contributed by atoms with Crippen molar-refractivity contribution in [3.8, 4) is 0 Å². The van der Waals surface area contributed by atoms with Crippen LogP contribution in [0.1, 0.15) is 42.5 Å². The number of nitrogens with zero attached hydrogens (tertiary/aromatic N) is 2. The summed E-state index contributed by atoms with van der Waals surface area (Å²) in [6.07, 6.45) is 8.26. The van der Waals surface area contributed by atoms with Gasteiger partial charge in [0.25, 0.3) is 5.56 Å². The molecule has 0 atom stereocenters. The average molecular weight is 397 g/mol. The molecule has 0 bridgehead atoms. The van der Waals surface area contributed by atoms with Crippen LogP contribution < -0.4 is 16.2 Å². The minimum Gasteiger partial charge on any atom is -0.353 e. The van der Waals surface area contributed by atoms with Gasteiger partial charge in [-0.25, -0.2) is 4.98 Å². The normalized spacial score (nSPS) is 17.5. The van der Waals surface area contributed by atoms with Crippen LogP contribution in [0.4, 0.5) is 0 Å². The van der Waals surface area contributed by atoms with Gasteiger partial charge in [0, 0.05) is 23.9 Å². The minimum atomic E-state index is 0. The smallest absolute Gasteiger partial charge is 0.262 e. The molecule has 2 aliphatic rings. The van der Waals surface area contributed by atoms with E-state index in [1.54, 1.807) is 22.2 Å². The lowest BCUT2D eigenvalue weighted by molar-refractivity contribution is -0.122. The average Bonchev–Trinajstić information content (AvgIpc) is 3.01. The molecule has 8 heteroatoms. The van der Waals surface area contributed by atoms with Gasteiger partial charge in [-0.05, 0) is 57.2 Å². The van der Waals surface area contributed by atoms with Crippen molar-refractivity contribution in [2.75, 3.05) is 13.1 Å². The van der Waals surface area contributed by atoms with Crippen LogP contribution in [0, 0.1) is 0 Å². The van der Waals surface area contributed by atoms with E-state index in [2.05, 4.69) is 15.6 Å². The maximum absolute atomic E-state index is 12.9. The van der Waals surface area contributed by atoms with E-state index in [0.717, 1.165) is 55.4 Å². The van der Waals surface area contributed by atoms with Crippen molar-refractivity contribution in [2.24, 2.45) is 0 Å². The molecule has 1 amide bonds. The van der Waals surface area contributed by atoms with Crippen molar-refractivity contribution >= 4 is 39.9 Å². The van der Waals surface area contributed by atoms with Gasteiger partial charge in [0.2, 0.25) is 5.91 Å². The van der Waals surface area contributed by atoms with E-state index in [1.807, 2.05) is 0 Å². The number of carbonyl (C=O) groups excluding carboxylic acids is 1. The van der Waals surface area contributed by atoms with Crippen molar-refractivity contribution in [1.29, 1.82) is 0 Å². The molecule has 0 radical (unpaired) electrons. The Kier molecular flexibility index (Phi) is 6.32. The van der Waals surface area contributed by atoms with Crippen molar-refractivity contribution in [2.45, 2.75) is 57.5 Å². The Labute approximate surface area is 162 Å². The highest BCUT2D eigenvalue weighted by Gasteiger charge is 2.20. The first-order valence-electron chi connectivity index (χ1n) is 9.22. The Morgan fingerprint density at radius 3 is 2.88 bits per heavy atom. The summed E-state index contributed by atoms with van der Waals surface area (Å²) in [5.41, 5.74) is 1.22. The van der Waals surface area contributed by atoms with Crippen molar-refractivity contribution in [3.63, 3.8) is 0 Å². The summed E-state index contributed by atoms with van der Waals surface area (Å²) in [4.78, 5) is 31.7. The number of halogens is 1.